The Morgan fingerprint density at radius 2 is 1.12 bits per heavy atom. The van der Waals surface area contributed by atoms with E-state index in [1.54, 1.807) is 13.8 Å². The number of nitrogens with zero attached hydrogens (tertiary/aromatic N) is 2. The lowest BCUT2D eigenvalue weighted by molar-refractivity contribution is -0.123. The first-order valence-corrected chi connectivity index (χ1v) is 11.0. The third-order valence-corrected chi connectivity index (χ3v) is 5.33. The van der Waals surface area contributed by atoms with Crippen LogP contribution in [-0.2, 0) is 9.59 Å². The molecule has 0 fully saturated rings. The van der Waals surface area contributed by atoms with Gasteiger partial charge in [0.1, 0.15) is 0 Å². The molecular formula is C24H26N4O6. The third-order valence-electron chi connectivity index (χ3n) is 5.33. The molecule has 4 rings (SSSR count). The molecular weight excluding hydrogens is 440 g/mol. The van der Waals surface area contributed by atoms with Crippen LogP contribution in [0.2, 0.25) is 0 Å². The number of carbonyl (C=O) groups excluding carboxylic acids is 2. The highest BCUT2D eigenvalue weighted by atomic mass is 16.7. The topological polar surface area (TPSA) is 120 Å². The van der Waals surface area contributed by atoms with Gasteiger partial charge in [-0.25, -0.2) is 10.9 Å². The largest absolute Gasteiger partial charge is 0.454 e. The van der Waals surface area contributed by atoms with E-state index in [-0.39, 0.29) is 38.2 Å². The molecule has 0 unspecified atom stereocenters. The minimum absolute atomic E-state index is 0.204. The monoisotopic (exact) mass is 466 g/mol. The van der Waals surface area contributed by atoms with Crippen LogP contribution >= 0.6 is 0 Å². The lowest BCUT2D eigenvalue weighted by Gasteiger charge is -2.05. The molecule has 0 atom stereocenters. The van der Waals surface area contributed by atoms with Crippen molar-refractivity contribution in [2.75, 3.05) is 13.6 Å². The Bertz CT molecular complexity index is 1050. The Hall–Kier alpha value is -4.08. The van der Waals surface area contributed by atoms with Gasteiger partial charge in [0.15, 0.2) is 23.0 Å². The standard InChI is InChI=1S/C24H26N4O6/c1-15(17-7-9-19-21(11-17)33-13-31-19)25-27-23(29)5-3-4-6-24(30)28-26-16(2)18-8-10-20-22(12-18)34-14-32-20/h7-12H,3-6,13-14H2,1-2H3,(H,27,29)(H,28,30). The summed E-state index contributed by atoms with van der Waals surface area (Å²) < 4.78 is 21.3. The van der Waals surface area contributed by atoms with Gasteiger partial charge >= 0.3 is 0 Å². The minimum atomic E-state index is -0.211. The van der Waals surface area contributed by atoms with Crippen LogP contribution in [-0.4, -0.2) is 36.8 Å². The first-order valence-electron chi connectivity index (χ1n) is 11.0. The van der Waals surface area contributed by atoms with E-state index in [9.17, 15) is 9.59 Å². The average molecular weight is 466 g/mol. The number of benzene rings is 2. The van der Waals surface area contributed by atoms with Crippen LogP contribution in [0.15, 0.2) is 46.6 Å². The zero-order valence-electron chi connectivity index (χ0n) is 19.1. The van der Waals surface area contributed by atoms with E-state index in [1.165, 1.54) is 0 Å². The van der Waals surface area contributed by atoms with Gasteiger partial charge in [0.25, 0.3) is 0 Å². The van der Waals surface area contributed by atoms with E-state index in [0.29, 0.717) is 47.3 Å². The number of unbranched alkanes of at least 4 members (excludes halogenated alkanes) is 1. The summed E-state index contributed by atoms with van der Waals surface area (Å²) in [6.45, 7) is 4.01. The maximum Gasteiger partial charge on any atom is 0.240 e. The lowest BCUT2D eigenvalue weighted by atomic mass is 10.1. The van der Waals surface area contributed by atoms with E-state index in [0.717, 1.165) is 11.1 Å². The average Bonchev–Trinajstić information content (AvgIpc) is 3.51. The number of hydrogen-bond acceptors (Lipinski definition) is 8. The highest BCUT2D eigenvalue weighted by Gasteiger charge is 2.15. The number of fused-ring (bicyclic) bond motifs is 2. The van der Waals surface area contributed by atoms with Crippen LogP contribution in [0, 0.1) is 0 Å². The Morgan fingerprint density at radius 1 is 0.706 bits per heavy atom. The molecule has 0 saturated carbocycles. The number of rotatable bonds is 9. The fraction of sp³-hybridized carbons (Fsp3) is 0.333. The van der Waals surface area contributed by atoms with Crippen molar-refractivity contribution in [3.05, 3.63) is 47.5 Å². The Kier molecular flexibility index (Phi) is 7.26. The van der Waals surface area contributed by atoms with E-state index in [2.05, 4.69) is 21.1 Å². The second kappa shape index (κ2) is 10.7. The summed E-state index contributed by atoms with van der Waals surface area (Å²) in [6, 6.07) is 11.0. The zero-order chi connectivity index (χ0) is 23.9. The van der Waals surface area contributed by atoms with Gasteiger partial charge in [-0.3, -0.25) is 9.59 Å². The normalized spacial score (nSPS) is 14.2. The van der Waals surface area contributed by atoms with Crippen LogP contribution in [0.3, 0.4) is 0 Å². The molecule has 0 bridgehead atoms. The Balaban J connectivity index is 1.15. The molecule has 10 heteroatoms. The summed E-state index contributed by atoms with van der Waals surface area (Å²) in [5.74, 6) is 2.28. The summed E-state index contributed by atoms with van der Waals surface area (Å²) in [5.41, 5.74) is 8.07. The van der Waals surface area contributed by atoms with E-state index >= 15 is 0 Å². The molecule has 2 aliphatic rings. The fourth-order valence-electron chi connectivity index (χ4n) is 3.35. The number of ether oxygens (including phenoxy) is 4. The molecule has 2 amide bonds. The highest BCUT2D eigenvalue weighted by molar-refractivity contribution is 6.00. The number of hydrazone groups is 2. The SMILES string of the molecule is CC(=NNC(=O)CCCCC(=O)NN=C(C)c1ccc2c(c1)OCO2)c1ccc2c(c1)OCO2. The molecule has 2 N–H and O–H groups in total. The lowest BCUT2D eigenvalue weighted by Crippen LogP contribution is -2.20. The predicted octanol–water partition coefficient (Wildman–Crippen LogP) is 3.09. The molecule has 34 heavy (non-hydrogen) atoms. The maximum absolute atomic E-state index is 12.1. The van der Waals surface area contributed by atoms with Crippen molar-refractivity contribution < 1.29 is 28.5 Å². The van der Waals surface area contributed by atoms with Crippen molar-refractivity contribution in [3.8, 4) is 23.0 Å². The van der Waals surface area contributed by atoms with E-state index < -0.39 is 0 Å². The molecule has 0 aliphatic carbocycles. The number of nitrogens with one attached hydrogen (secondary N) is 2. The molecule has 2 aromatic rings. The molecule has 0 radical (unpaired) electrons. The molecule has 10 nitrogen and oxygen atoms in total. The third kappa shape index (κ3) is 5.83. The Morgan fingerprint density at radius 3 is 1.56 bits per heavy atom. The molecule has 0 spiro atoms. The van der Waals surface area contributed by atoms with Crippen LogP contribution in [0.5, 0.6) is 23.0 Å². The van der Waals surface area contributed by atoms with Crippen molar-refractivity contribution in [1.82, 2.24) is 10.9 Å². The van der Waals surface area contributed by atoms with Crippen molar-refractivity contribution in [1.29, 1.82) is 0 Å². The smallest absolute Gasteiger partial charge is 0.240 e. The second-order valence-corrected chi connectivity index (χ2v) is 7.81. The summed E-state index contributed by atoms with van der Waals surface area (Å²) in [7, 11) is 0. The van der Waals surface area contributed by atoms with Crippen LogP contribution in [0.4, 0.5) is 0 Å². The minimum Gasteiger partial charge on any atom is -0.454 e. The molecule has 178 valence electrons. The van der Waals surface area contributed by atoms with Gasteiger partial charge in [-0.05, 0) is 63.1 Å². The number of amides is 2. The second-order valence-electron chi connectivity index (χ2n) is 7.81. The fourth-order valence-corrected chi connectivity index (χ4v) is 3.35. The molecule has 2 heterocycles. The van der Waals surface area contributed by atoms with E-state index in [1.807, 2.05) is 36.4 Å². The van der Waals surface area contributed by atoms with E-state index in [4.69, 9.17) is 18.9 Å². The van der Waals surface area contributed by atoms with Crippen molar-refractivity contribution >= 4 is 23.2 Å². The molecule has 2 aromatic carbocycles. The summed E-state index contributed by atoms with van der Waals surface area (Å²) in [6.07, 6.45) is 1.65. The van der Waals surface area contributed by atoms with Gasteiger partial charge < -0.3 is 18.9 Å². The van der Waals surface area contributed by atoms with Crippen molar-refractivity contribution in [2.24, 2.45) is 10.2 Å². The first kappa shape index (κ1) is 23.1. The summed E-state index contributed by atoms with van der Waals surface area (Å²) >= 11 is 0. The quantitative estimate of drug-likeness (QED) is 0.333. The van der Waals surface area contributed by atoms with Gasteiger partial charge in [-0.2, -0.15) is 10.2 Å². The highest BCUT2D eigenvalue weighted by Crippen LogP contribution is 2.33. The Labute approximate surface area is 196 Å². The van der Waals surface area contributed by atoms with Gasteiger partial charge in [0, 0.05) is 24.0 Å². The maximum atomic E-state index is 12.1. The molecule has 2 aliphatic heterocycles. The van der Waals surface area contributed by atoms with Crippen molar-refractivity contribution in [2.45, 2.75) is 39.5 Å². The number of carbonyl (C=O) groups is 2. The molecule has 0 saturated heterocycles. The van der Waals surface area contributed by atoms with Crippen LogP contribution in [0.25, 0.3) is 0 Å². The molecule has 0 aromatic heterocycles. The summed E-state index contributed by atoms with van der Waals surface area (Å²) in [5, 5.41) is 8.28. The van der Waals surface area contributed by atoms with Crippen LogP contribution in [0.1, 0.15) is 50.7 Å². The van der Waals surface area contributed by atoms with Gasteiger partial charge in [0.2, 0.25) is 25.4 Å². The zero-order valence-corrected chi connectivity index (χ0v) is 19.1. The van der Waals surface area contributed by atoms with Crippen molar-refractivity contribution in [3.63, 3.8) is 0 Å². The predicted molar refractivity (Wildman–Crippen MR) is 124 cm³/mol. The first-order chi connectivity index (χ1) is 16.5. The van der Waals surface area contributed by atoms with Gasteiger partial charge in [0.05, 0.1) is 11.4 Å². The summed E-state index contributed by atoms with van der Waals surface area (Å²) in [4.78, 5) is 24.1. The number of hydrogen-bond donors (Lipinski definition) is 2. The van der Waals surface area contributed by atoms with Gasteiger partial charge in [-0.1, -0.05) is 0 Å². The van der Waals surface area contributed by atoms with Crippen LogP contribution < -0.4 is 29.8 Å². The van der Waals surface area contributed by atoms with Gasteiger partial charge in [-0.15, -0.1) is 0 Å².